The van der Waals surface area contributed by atoms with Gasteiger partial charge in [-0.2, -0.15) is 0 Å². The summed E-state index contributed by atoms with van der Waals surface area (Å²) in [5, 5.41) is 8.38. The third-order valence-electron chi connectivity index (χ3n) is 6.98. The van der Waals surface area contributed by atoms with Crippen LogP contribution in [0.2, 0.25) is 0 Å². The van der Waals surface area contributed by atoms with Crippen molar-refractivity contribution in [3.63, 3.8) is 0 Å². The Morgan fingerprint density at radius 1 is 0.578 bits per heavy atom. The van der Waals surface area contributed by atoms with E-state index in [0.717, 1.165) is 5.69 Å². The van der Waals surface area contributed by atoms with Gasteiger partial charge in [0.1, 0.15) is 0 Å². The van der Waals surface area contributed by atoms with Crippen molar-refractivity contribution in [1.29, 1.82) is 0 Å². The van der Waals surface area contributed by atoms with Gasteiger partial charge in [0.15, 0.2) is 0 Å². The molecule has 5 aromatic carbocycles. The minimum absolute atomic E-state index is 1.05. The monoisotopic (exact) mass is 593 g/mol. The van der Waals surface area contributed by atoms with Gasteiger partial charge in [-0.15, -0.1) is 0 Å². The molecule has 1 N–H and O–H groups in total. The first kappa shape index (κ1) is 36.3. The number of benzene rings is 5. The van der Waals surface area contributed by atoms with E-state index in [4.69, 9.17) is 0 Å². The third-order valence-corrected chi connectivity index (χ3v) is 6.98. The van der Waals surface area contributed by atoms with Gasteiger partial charge in [0.25, 0.3) is 0 Å². The molecule has 0 radical (unpaired) electrons. The van der Waals surface area contributed by atoms with E-state index in [1.807, 2.05) is 72.9 Å². The van der Waals surface area contributed by atoms with Crippen LogP contribution < -0.4 is 5.32 Å². The second-order valence-electron chi connectivity index (χ2n) is 9.81. The van der Waals surface area contributed by atoms with Crippen LogP contribution in [0.25, 0.3) is 43.8 Å². The molecule has 232 valence electrons. The molecule has 0 saturated carbocycles. The molecule has 0 amide bonds. The lowest BCUT2D eigenvalue weighted by molar-refractivity contribution is 1.47. The number of hydrogen-bond donors (Lipinski definition) is 1. The van der Waals surface area contributed by atoms with Crippen molar-refractivity contribution >= 4 is 27.2 Å². The lowest BCUT2D eigenvalue weighted by Gasteiger charge is -2.18. The van der Waals surface area contributed by atoms with Crippen molar-refractivity contribution in [2.45, 2.75) is 55.4 Å². The first-order chi connectivity index (χ1) is 22.1. The molecule has 0 atom stereocenters. The molecule has 5 rings (SSSR count). The van der Waals surface area contributed by atoms with Crippen molar-refractivity contribution in [3.8, 4) is 22.3 Å². The predicted octanol–water partition coefficient (Wildman–Crippen LogP) is 13.9. The molecule has 0 heterocycles. The summed E-state index contributed by atoms with van der Waals surface area (Å²) in [6.45, 7) is 19.9. The minimum Gasteiger partial charge on any atom is -0.362 e. The van der Waals surface area contributed by atoms with Crippen LogP contribution in [-0.4, -0.2) is 0 Å². The molecule has 1 nitrogen and oxygen atoms in total. The summed E-state index contributed by atoms with van der Waals surface area (Å²) in [6.07, 6.45) is 15.9. The standard InChI is InChI=1S/C31H25N.C9H14.2C2H6/c1-3-4-21-32-25-19-17-24(18-20-25)31-28-11-7-5-9-26(28)30(23-15-13-22(2)14-16-23)27-10-6-8-12-29(27)31;1-4-7-9(6-3)8-5-2;2*1-2/h3-21,32H,1H2,2H3;4-8H,1-3H3;2*1-2H3/b21-4+;7-4-,8-5-;;. The van der Waals surface area contributed by atoms with E-state index in [9.17, 15) is 0 Å². The second-order valence-corrected chi connectivity index (χ2v) is 9.81. The maximum atomic E-state index is 3.71. The van der Waals surface area contributed by atoms with E-state index in [1.54, 1.807) is 6.08 Å². The second kappa shape index (κ2) is 20.1. The highest BCUT2D eigenvalue weighted by molar-refractivity contribution is 6.21. The van der Waals surface area contributed by atoms with E-state index in [0.29, 0.717) is 0 Å². The molecular weight excluding hydrogens is 542 g/mol. The van der Waals surface area contributed by atoms with Crippen molar-refractivity contribution in [3.05, 3.63) is 164 Å². The quantitative estimate of drug-likeness (QED) is 0.146. The molecule has 45 heavy (non-hydrogen) atoms. The molecule has 0 unspecified atom stereocenters. The fraction of sp³-hybridized carbons (Fsp3) is 0.182. The fourth-order valence-corrected chi connectivity index (χ4v) is 5.05. The average Bonchev–Trinajstić information content (AvgIpc) is 3.10. The summed E-state index contributed by atoms with van der Waals surface area (Å²) < 4.78 is 0. The minimum atomic E-state index is 1.05. The van der Waals surface area contributed by atoms with E-state index >= 15 is 0 Å². The molecule has 5 aromatic rings. The molecule has 1 heteroatoms. The average molecular weight is 594 g/mol. The van der Waals surface area contributed by atoms with Gasteiger partial charge >= 0.3 is 0 Å². The van der Waals surface area contributed by atoms with Gasteiger partial charge in [0, 0.05) is 11.9 Å². The molecular formula is C44H51N. The number of hydrogen-bond acceptors (Lipinski definition) is 1. The van der Waals surface area contributed by atoms with Crippen LogP contribution in [0.3, 0.4) is 0 Å². The number of nitrogens with one attached hydrogen (secondary N) is 1. The zero-order valence-corrected chi connectivity index (χ0v) is 28.6. The van der Waals surface area contributed by atoms with Gasteiger partial charge in [-0.25, -0.2) is 0 Å². The van der Waals surface area contributed by atoms with Gasteiger partial charge in [-0.3, -0.25) is 0 Å². The predicted molar refractivity (Wildman–Crippen MR) is 206 cm³/mol. The molecule has 0 aliphatic carbocycles. The highest BCUT2D eigenvalue weighted by atomic mass is 14.8. The Morgan fingerprint density at radius 2 is 0.978 bits per heavy atom. The van der Waals surface area contributed by atoms with Crippen LogP contribution in [0.4, 0.5) is 5.69 Å². The molecule has 0 spiro atoms. The van der Waals surface area contributed by atoms with Crippen LogP contribution in [0.5, 0.6) is 0 Å². The van der Waals surface area contributed by atoms with Crippen molar-refractivity contribution in [1.82, 2.24) is 0 Å². The Bertz CT molecular complexity index is 1660. The number of allylic oxidation sites excluding steroid dienone is 8. The molecule has 0 aliphatic heterocycles. The van der Waals surface area contributed by atoms with Crippen LogP contribution >= 0.6 is 0 Å². The molecule has 0 aromatic heterocycles. The van der Waals surface area contributed by atoms with Gasteiger partial charge in [-0.05, 0) is 95.3 Å². The summed E-state index contributed by atoms with van der Waals surface area (Å²) in [5.41, 5.74) is 8.63. The van der Waals surface area contributed by atoms with Crippen LogP contribution in [0, 0.1) is 6.92 Å². The van der Waals surface area contributed by atoms with Gasteiger partial charge in [0.05, 0.1) is 0 Å². The number of fused-ring (bicyclic) bond motifs is 2. The van der Waals surface area contributed by atoms with Gasteiger partial charge < -0.3 is 5.32 Å². The third kappa shape index (κ3) is 9.81. The van der Waals surface area contributed by atoms with E-state index in [2.05, 4.69) is 134 Å². The molecule has 0 saturated heterocycles. The first-order valence-electron chi connectivity index (χ1n) is 16.2. The number of aryl methyl sites for hydroxylation is 1. The van der Waals surface area contributed by atoms with Gasteiger partial charge in [-0.1, -0.05) is 161 Å². The summed E-state index contributed by atoms with van der Waals surface area (Å²) in [5.74, 6) is 0. The Balaban J connectivity index is 0.000000466. The normalized spacial score (nSPS) is 10.5. The van der Waals surface area contributed by atoms with Crippen molar-refractivity contribution in [2.75, 3.05) is 5.32 Å². The van der Waals surface area contributed by atoms with Gasteiger partial charge in [0.2, 0.25) is 0 Å². The highest BCUT2D eigenvalue weighted by Crippen LogP contribution is 2.43. The van der Waals surface area contributed by atoms with Crippen molar-refractivity contribution < 1.29 is 0 Å². The summed E-state index contributed by atoms with van der Waals surface area (Å²) in [7, 11) is 0. The Hall–Kier alpha value is -4.88. The van der Waals surface area contributed by atoms with E-state index < -0.39 is 0 Å². The van der Waals surface area contributed by atoms with E-state index in [1.165, 1.54) is 54.9 Å². The zero-order valence-electron chi connectivity index (χ0n) is 28.6. The number of anilines is 1. The zero-order chi connectivity index (χ0) is 33.0. The summed E-state index contributed by atoms with van der Waals surface area (Å²) >= 11 is 0. The first-order valence-corrected chi connectivity index (χ1v) is 16.2. The molecule has 0 fully saturated rings. The largest absolute Gasteiger partial charge is 0.362 e. The van der Waals surface area contributed by atoms with E-state index in [-0.39, 0.29) is 0 Å². The lowest BCUT2D eigenvalue weighted by atomic mass is 9.86. The Morgan fingerprint density at radius 3 is 1.33 bits per heavy atom. The molecule has 0 bridgehead atoms. The topological polar surface area (TPSA) is 12.0 Å². The smallest absolute Gasteiger partial charge is 0.0380 e. The lowest BCUT2D eigenvalue weighted by Crippen LogP contribution is -1.91. The highest BCUT2D eigenvalue weighted by Gasteiger charge is 2.16. The summed E-state index contributed by atoms with van der Waals surface area (Å²) in [4.78, 5) is 0. The Labute approximate surface area is 273 Å². The Kier molecular flexibility index (Phi) is 16.3. The SMILES string of the molecule is C=C/C=C/Nc1ccc(-c2c3ccccc3c(-c3ccc(C)cc3)c3ccccc23)cc1.CC.CC.CC=C(/C=C\C)/C=C\C. The maximum Gasteiger partial charge on any atom is 0.0380 e. The number of rotatable bonds is 7. The van der Waals surface area contributed by atoms with Crippen LogP contribution in [0.15, 0.2) is 158 Å². The fourth-order valence-electron chi connectivity index (χ4n) is 5.05. The van der Waals surface area contributed by atoms with Crippen LogP contribution in [-0.2, 0) is 0 Å². The molecule has 0 aliphatic rings. The maximum absolute atomic E-state index is 3.71. The van der Waals surface area contributed by atoms with Crippen LogP contribution in [0.1, 0.15) is 54.0 Å². The summed E-state index contributed by atoms with van der Waals surface area (Å²) in [6, 6.07) is 35.0. The van der Waals surface area contributed by atoms with Crippen molar-refractivity contribution in [2.24, 2.45) is 0 Å².